The van der Waals surface area contributed by atoms with Gasteiger partial charge < -0.3 is 14.6 Å². The first kappa shape index (κ1) is 27.2. The smallest absolute Gasteiger partial charge is 0.306 e. The SMILES string of the molecule is CCC(C)C1COC(C(C)(C)COC(=O)CCc2cc(C(C)(C)C)c(O)c(C(C)(C)C)c2)=N1. The highest BCUT2D eigenvalue weighted by Gasteiger charge is 2.35. The Bertz CT molecular complexity index is 836. The minimum Gasteiger partial charge on any atom is -0.507 e. The van der Waals surface area contributed by atoms with Gasteiger partial charge in [0.1, 0.15) is 19.0 Å². The maximum atomic E-state index is 12.6. The van der Waals surface area contributed by atoms with E-state index in [4.69, 9.17) is 14.5 Å². The number of hydrogen-bond acceptors (Lipinski definition) is 5. The van der Waals surface area contributed by atoms with Gasteiger partial charge in [-0.05, 0) is 53.7 Å². The van der Waals surface area contributed by atoms with Crippen molar-refractivity contribution >= 4 is 11.9 Å². The van der Waals surface area contributed by atoms with Crippen LogP contribution in [-0.4, -0.2) is 36.2 Å². The lowest BCUT2D eigenvalue weighted by Crippen LogP contribution is -2.31. The Morgan fingerprint density at radius 3 is 2.15 bits per heavy atom. The number of phenols is 1. The van der Waals surface area contributed by atoms with Crippen LogP contribution in [-0.2, 0) is 31.5 Å². The summed E-state index contributed by atoms with van der Waals surface area (Å²) >= 11 is 0. The Morgan fingerprint density at radius 2 is 1.67 bits per heavy atom. The van der Waals surface area contributed by atoms with Gasteiger partial charge in [0, 0.05) is 6.42 Å². The number of phenolic OH excluding ortho intramolecular Hbond substituents is 1. The molecule has 0 fully saturated rings. The van der Waals surface area contributed by atoms with E-state index in [0.717, 1.165) is 23.1 Å². The van der Waals surface area contributed by atoms with Crippen molar-refractivity contribution in [3.8, 4) is 5.75 Å². The number of nitrogens with zero attached hydrogens (tertiary/aromatic N) is 1. The highest BCUT2D eigenvalue weighted by Crippen LogP contribution is 2.40. The first-order chi connectivity index (χ1) is 15.1. The summed E-state index contributed by atoms with van der Waals surface area (Å²) in [6.45, 7) is 21.8. The molecule has 0 spiro atoms. The molecule has 0 radical (unpaired) electrons. The molecule has 2 atom stereocenters. The van der Waals surface area contributed by atoms with Crippen molar-refractivity contribution in [3.05, 3.63) is 28.8 Å². The third kappa shape index (κ3) is 6.97. The topological polar surface area (TPSA) is 68.1 Å². The number of ether oxygens (including phenoxy) is 2. The van der Waals surface area contributed by atoms with Crippen molar-refractivity contribution in [3.63, 3.8) is 0 Å². The van der Waals surface area contributed by atoms with E-state index in [0.29, 0.717) is 30.6 Å². The minimum atomic E-state index is -0.449. The van der Waals surface area contributed by atoms with Crippen molar-refractivity contribution in [2.24, 2.45) is 16.3 Å². The lowest BCUT2D eigenvalue weighted by molar-refractivity contribution is -0.145. The second kappa shape index (κ2) is 10.1. The average molecular weight is 460 g/mol. The standard InChI is InChI=1S/C28H45NO4/c1-11-18(2)22-16-32-25(29-22)28(9,10)17-33-23(30)13-12-19-14-20(26(3,4)5)24(31)21(15-19)27(6,7)8/h14-15,18,22,31H,11-13,16-17H2,1-10H3. The summed E-state index contributed by atoms with van der Waals surface area (Å²) in [6.07, 6.45) is 1.92. The van der Waals surface area contributed by atoms with Crippen LogP contribution in [0.4, 0.5) is 0 Å². The van der Waals surface area contributed by atoms with Gasteiger partial charge in [-0.15, -0.1) is 0 Å². The van der Waals surface area contributed by atoms with Gasteiger partial charge in [0.2, 0.25) is 0 Å². The molecule has 0 aromatic heterocycles. The lowest BCUT2D eigenvalue weighted by Gasteiger charge is -2.28. The molecule has 0 saturated carbocycles. The van der Waals surface area contributed by atoms with E-state index in [1.54, 1.807) is 0 Å². The maximum absolute atomic E-state index is 12.6. The van der Waals surface area contributed by atoms with Crippen LogP contribution in [0.25, 0.3) is 0 Å². The molecule has 186 valence electrons. The molecule has 1 N–H and O–H groups in total. The van der Waals surface area contributed by atoms with Gasteiger partial charge in [-0.3, -0.25) is 4.79 Å². The van der Waals surface area contributed by atoms with Crippen LogP contribution in [0.3, 0.4) is 0 Å². The first-order valence-electron chi connectivity index (χ1n) is 12.3. The van der Waals surface area contributed by atoms with Crippen LogP contribution < -0.4 is 0 Å². The molecule has 5 nitrogen and oxygen atoms in total. The molecule has 0 bridgehead atoms. The number of hydrogen-bond donors (Lipinski definition) is 1. The molecule has 0 aliphatic carbocycles. The molecular weight excluding hydrogens is 414 g/mol. The van der Waals surface area contributed by atoms with Gasteiger partial charge in [-0.1, -0.05) is 73.9 Å². The molecular formula is C28H45NO4. The van der Waals surface area contributed by atoms with Gasteiger partial charge in [-0.25, -0.2) is 4.99 Å². The Labute approximate surface area is 201 Å². The van der Waals surface area contributed by atoms with Gasteiger partial charge in [0.25, 0.3) is 0 Å². The van der Waals surface area contributed by atoms with Crippen LogP contribution in [0.5, 0.6) is 5.75 Å². The minimum absolute atomic E-state index is 0.184. The van der Waals surface area contributed by atoms with E-state index in [1.807, 2.05) is 26.0 Å². The highest BCUT2D eigenvalue weighted by atomic mass is 16.5. The van der Waals surface area contributed by atoms with Crippen LogP contribution in [0.15, 0.2) is 17.1 Å². The number of aromatic hydroxyl groups is 1. The predicted octanol–water partition coefficient (Wildman–Crippen LogP) is 6.33. The molecule has 1 aromatic carbocycles. The van der Waals surface area contributed by atoms with E-state index in [2.05, 4.69) is 55.4 Å². The van der Waals surface area contributed by atoms with Crippen molar-refractivity contribution in [2.45, 2.75) is 105 Å². The van der Waals surface area contributed by atoms with Crippen LogP contribution in [0, 0.1) is 11.3 Å². The number of rotatable bonds is 8. The fourth-order valence-electron chi connectivity index (χ4n) is 3.95. The summed E-state index contributed by atoms with van der Waals surface area (Å²) < 4.78 is 11.5. The second-order valence-corrected chi connectivity index (χ2v) is 12.3. The predicted molar refractivity (Wildman–Crippen MR) is 135 cm³/mol. The van der Waals surface area contributed by atoms with E-state index >= 15 is 0 Å². The number of esters is 1. The third-order valence-corrected chi connectivity index (χ3v) is 6.55. The molecule has 5 heteroatoms. The lowest BCUT2D eigenvalue weighted by atomic mass is 9.78. The second-order valence-electron chi connectivity index (χ2n) is 12.3. The number of aryl methyl sites for hydroxylation is 1. The van der Waals surface area contributed by atoms with Crippen LogP contribution in [0.1, 0.15) is 98.8 Å². The molecule has 33 heavy (non-hydrogen) atoms. The van der Waals surface area contributed by atoms with Gasteiger partial charge in [-0.2, -0.15) is 0 Å². The number of aliphatic imine (C=N–C) groups is 1. The zero-order valence-corrected chi connectivity index (χ0v) is 22.5. The normalized spacial score (nSPS) is 18.0. The summed E-state index contributed by atoms with van der Waals surface area (Å²) in [4.78, 5) is 17.3. The molecule has 0 saturated heterocycles. The van der Waals surface area contributed by atoms with Gasteiger partial charge >= 0.3 is 5.97 Å². The number of carbonyl (C=O) groups is 1. The van der Waals surface area contributed by atoms with E-state index in [-0.39, 0.29) is 35.9 Å². The highest BCUT2D eigenvalue weighted by molar-refractivity contribution is 5.84. The van der Waals surface area contributed by atoms with E-state index < -0.39 is 5.41 Å². The van der Waals surface area contributed by atoms with E-state index in [1.165, 1.54) is 0 Å². The summed E-state index contributed by atoms with van der Waals surface area (Å²) in [5.41, 5.74) is 2.02. The van der Waals surface area contributed by atoms with E-state index in [9.17, 15) is 9.90 Å². The van der Waals surface area contributed by atoms with Gasteiger partial charge in [0.05, 0.1) is 11.5 Å². The number of carbonyl (C=O) groups excluding carboxylic acids is 1. The monoisotopic (exact) mass is 459 g/mol. The summed E-state index contributed by atoms with van der Waals surface area (Å²) in [5, 5.41) is 10.9. The molecule has 2 unspecified atom stereocenters. The zero-order valence-electron chi connectivity index (χ0n) is 22.5. The summed E-state index contributed by atoms with van der Waals surface area (Å²) in [5.74, 6) is 1.28. The maximum Gasteiger partial charge on any atom is 0.306 e. The molecule has 2 rings (SSSR count). The fourth-order valence-corrected chi connectivity index (χ4v) is 3.95. The number of benzene rings is 1. The molecule has 1 aromatic rings. The quantitative estimate of drug-likeness (QED) is 0.461. The summed E-state index contributed by atoms with van der Waals surface area (Å²) in [7, 11) is 0. The van der Waals surface area contributed by atoms with Gasteiger partial charge in [0.15, 0.2) is 5.90 Å². The van der Waals surface area contributed by atoms with Crippen molar-refractivity contribution in [2.75, 3.05) is 13.2 Å². The first-order valence-corrected chi connectivity index (χ1v) is 12.3. The summed E-state index contributed by atoms with van der Waals surface area (Å²) in [6, 6.07) is 4.24. The Hall–Kier alpha value is -2.04. The molecule has 1 aliphatic rings. The Kier molecular flexibility index (Phi) is 8.30. The third-order valence-electron chi connectivity index (χ3n) is 6.55. The average Bonchev–Trinajstić information content (AvgIpc) is 3.20. The van der Waals surface area contributed by atoms with Crippen molar-refractivity contribution < 1.29 is 19.4 Å². The molecule has 1 heterocycles. The van der Waals surface area contributed by atoms with Crippen LogP contribution in [0.2, 0.25) is 0 Å². The molecule has 0 amide bonds. The Morgan fingerprint density at radius 1 is 1.12 bits per heavy atom. The van der Waals surface area contributed by atoms with Crippen molar-refractivity contribution in [1.82, 2.24) is 0 Å². The molecule has 1 aliphatic heterocycles. The Balaban J connectivity index is 2.05. The van der Waals surface area contributed by atoms with Crippen molar-refractivity contribution in [1.29, 1.82) is 0 Å². The largest absolute Gasteiger partial charge is 0.507 e. The fraction of sp³-hybridized carbons (Fsp3) is 0.714. The van der Waals surface area contributed by atoms with Crippen LogP contribution >= 0.6 is 0 Å². The zero-order chi connectivity index (χ0) is 25.2.